The molecular weight excluding hydrogens is 368 g/mol. The van der Waals surface area contributed by atoms with Gasteiger partial charge in [-0.25, -0.2) is 13.1 Å². The van der Waals surface area contributed by atoms with Gasteiger partial charge in [0.2, 0.25) is 10.0 Å². The number of ether oxygens (including phenoxy) is 1. The molecule has 1 aliphatic rings. The normalized spacial score (nSPS) is 17.3. The van der Waals surface area contributed by atoms with E-state index in [0.717, 1.165) is 30.0 Å². The van der Waals surface area contributed by atoms with E-state index < -0.39 is 10.0 Å². The average molecular weight is 395 g/mol. The summed E-state index contributed by atoms with van der Waals surface area (Å²) in [7, 11) is -3.48. The van der Waals surface area contributed by atoms with Gasteiger partial charge in [-0.1, -0.05) is 31.2 Å². The van der Waals surface area contributed by atoms with E-state index in [2.05, 4.69) is 40.8 Å². The molecule has 0 saturated carbocycles. The van der Waals surface area contributed by atoms with Crippen LogP contribution in [-0.2, 0) is 21.2 Å². The van der Waals surface area contributed by atoms with E-state index in [1.54, 1.807) is 6.07 Å². The zero-order valence-corrected chi connectivity index (χ0v) is 16.9. The third-order valence-corrected chi connectivity index (χ3v) is 7.62. The molecule has 1 unspecified atom stereocenters. The Morgan fingerprint density at radius 1 is 1.15 bits per heavy atom. The maximum Gasteiger partial charge on any atom is 0.250 e. The molecule has 0 radical (unpaired) electrons. The third-order valence-electron chi connectivity index (χ3n) is 4.71. The van der Waals surface area contributed by atoms with Gasteiger partial charge in [0.15, 0.2) is 0 Å². The Kier molecular flexibility index (Phi) is 6.47. The predicted octanol–water partition coefficient (Wildman–Crippen LogP) is 2.97. The molecule has 0 spiro atoms. The summed E-state index contributed by atoms with van der Waals surface area (Å²) >= 11 is 1.30. The second-order valence-corrected chi connectivity index (χ2v) is 9.76. The Morgan fingerprint density at radius 3 is 2.42 bits per heavy atom. The molecule has 2 heterocycles. The van der Waals surface area contributed by atoms with Crippen LogP contribution < -0.4 is 4.72 Å². The van der Waals surface area contributed by atoms with Crippen molar-refractivity contribution in [3.05, 3.63) is 52.4 Å². The predicted molar refractivity (Wildman–Crippen MR) is 105 cm³/mol. The number of nitrogens with zero attached hydrogens (tertiary/aromatic N) is 1. The molecule has 1 aliphatic heterocycles. The summed E-state index contributed by atoms with van der Waals surface area (Å²) < 4.78 is 33.9. The first-order valence-electron chi connectivity index (χ1n) is 8.96. The molecule has 1 aromatic carbocycles. The van der Waals surface area contributed by atoms with Crippen molar-refractivity contribution < 1.29 is 13.2 Å². The zero-order valence-electron chi connectivity index (χ0n) is 15.3. The van der Waals surface area contributed by atoms with Gasteiger partial charge in [-0.15, -0.1) is 11.3 Å². The van der Waals surface area contributed by atoms with E-state index in [0.29, 0.717) is 24.0 Å². The molecule has 0 amide bonds. The molecule has 1 fully saturated rings. The molecule has 3 rings (SSSR count). The molecule has 26 heavy (non-hydrogen) atoms. The van der Waals surface area contributed by atoms with E-state index >= 15 is 0 Å². The third kappa shape index (κ3) is 4.72. The monoisotopic (exact) mass is 394 g/mol. The van der Waals surface area contributed by atoms with E-state index in [-0.39, 0.29) is 6.04 Å². The molecule has 5 nitrogen and oxygen atoms in total. The van der Waals surface area contributed by atoms with E-state index in [1.807, 2.05) is 13.0 Å². The Morgan fingerprint density at radius 2 is 1.85 bits per heavy atom. The molecule has 1 aromatic heterocycles. The molecule has 1 N–H and O–H groups in total. The first-order chi connectivity index (χ1) is 12.5. The quantitative estimate of drug-likeness (QED) is 0.784. The summed E-state index contributed by atoms with van der Waals surface area (Å²) in [6, 6.07) is 12.0. The van der Waals surface area contributed by atoms with Gasteiger partial charge in [0.1, 0.15) is 4.21 Å². The van der Waals surface area contributed by atoms with Gasteiger partial charge >= 0.3 is 0 Å². The van der Waals surface area contributed by atoms with Crippen molar-refractivity contribution in [2.24, 2.45) is 0 Å². The summed E-state index contributed by atoms with van der Waals surface area (Å²) in [5.74, 6) is 0. The molecular formula is C19H26N2O3S2. The van der Waals surface area contributed by atoms with Crippen LogP contribution in [0.2, 0.25) is 0 Å². The Labute approximate surface area is 160 Å². The number of aryl methyl sites for hydroxylation is 2. The Hall–Kier alpha value is -1.25. The van der Waals surface area contributed by atoms with Crippen LogP contribution >= 0.6 is 11.3 Å². The minimum atomic E-state index is -3.48. The fourth-order valence-electron chi connectivity index (χ4n) is 3.14. The number of hydrogen-bond donors (Lipinski definition) is 1. The second-order valence-electron chi connectivity index (χ2n) is 6.48. The fourth-order valence-corrected chi connectivity index (χ4v) is 5.50. The average Bonchev–Trinajstić information content (AvgIpc) is 3.11. The number of nitrogens with one attached hydrogen (secondary N) is 1. The van der Waals surface area contributed by atoms with Crippen molar-refractivity contribution in [1.29, 1.82) is 0 Å². The number of morpholine rings is 1. The summed E-state index contributed by atoms with van der Waals surface area (Å²) in [6.07, 6.45) is 0.993. The van der Waals surface area contributed by atoms with Crippen molar-refractivity contribution in [1.82, 2.24) is 9.62 Å². The number of sulfonamides is 1. The standard InChI is InChI=1S/C19H26N2O3S2/c1-3-16-5-7-17(8-6-16)18(21-10-12-24-13-11-21)14-20-26(22,23)19-9-4-15(2)25-19/h4-9,18,20H,3,10-14H2,1-2H3. The van der Waals surface area contributed by atoms with Crippen molar-refractivity contribution in [3.63, 3.8) is 0 Å². The van der Waals surface area contributed by atoms with E-state index in [4.69, 9.17) is 4.74 Å². The first kappa shape index (κ1) is 19.5. The van der Waals surface area contributed by atoms with Gasteiger partial charge in [0, 0.05) is 30.6 Å². The number of hydrogen-bond acceptors (Lipinski definition) is 5. The largest absolute Gasteiger partial charge is 0.379 e. The maximum atomic E-state index is 12.6. The summed E-state index contributed by atoms with van der Waals surface area (Å²) in [5, 5.41) is 0. The van der Waals surface area contributed by atoms with Crippen LogP contribution in [0.3, 0.4) is 0 Å². The highest BCUT2D eigenvalue weighted by Gasteiger charge is 2.25. The number of rotatable bonds is 7. The van der Waals surface area contributed by atoms with Gasteiger partial charge in [-0.05, 0) is 36.6 Å². The summed E-state index contributed by atoms with van der Waals surface area (Å²) in [4.78, 5) is 3.29. The number of benzene rings is 1. The highest BCUT2D eigenvalue weighted by molar-refractivity contribution is 7.91. The van der Waals surface area contributed by atoms with Crippen LogP contribution in [0.25, 0.3) is 0 Å². The lowest BCUT2D eigenvalue weighted by Crippen LogP contribution is -2.43. The molecule has 1 saturated heterocycles. The number of thiophene rings is 1. The lowest BCUT2D eigenvalue weighted by molar-refractivity contribution is 0.0172. The minimum Gasteiger partial charge on any atom is -0.379 e. The molecule has 2 aromatic rings. The fraction of sp³-hybridized carbons (Fsp3) is 0.474. The van der Waals surface area contributed by atoms with E-state index in [1.165, 1.54) is 16.9 Å². The molecule has 0 bridgehead atoms. The molecule has 142 valence electrons. The van der Waals surface area contributed by atoms with Crippen molar-refractivity contribution in [3.8, 4) is 0 Å². The van der Waals surface area contributed by atoms with Crippen LogP contribution in [0.4, 0.5) is 0 Å². The van der Waals surface area contributed by atoms with Gasteiger partial charge in [0.05, 0.1) is 13.2 Å². The highest BCUT2D eigenvalue weighted by atomic mass is 32.2. The van der Waals surface area contributed by atoms with Crippen LogP contribution in [0, 0.1) is 6.92 Å². The summed E-state index contributed by atoms with van der Waals surface area (Å²) in [5.41, 5.74) is 2.42. The first-order valence-corrected chi connectivity index (χ1v) is 11.3. The van der Waals surface area contributed by atoms with Crippen molar-refractivity contribution in [2.75, 3.05) is 32.8 Å². The van der Waals surface area contributed by atoms with Crippen LogP contribution in [0.1, 0.15) is 29.0 Å². The van der Waals surface area contributed by atoms with Gasteiger partial charge < -0.3 is 4.74 Å². The van der Waals surface area contributed by atoms with Gasteiger partial charge in [0.25, 0.3) is 0 Å². The van der Waals surface area contributed by atoms with Gasteiger partial charge in [-0.2, -0.15) is 0 Å². The Bertz CT molecular complexity index is 810. The minimum absolute atomic E-state index is 0.000593. The topological polar surface area (TPSA) is 58.6 Å². The molecule has 7 heteroatoms. The summed E-state index contributed by atoms with van der Waals surface area (Å²) in [6.45, 7) is 7.37. The highest BCUT2D eigenvalue weighted by Crippen LogP contribution is 2.24. The second kappa shape index (κ2) is 8.63. The van der Waals surface area contributed by atoms with Crippen molar-refractivity contribution in [2.45, 2.75) is 30.5 Å². The van der Waals surface area contributed by atoms with Crippen LogP contribution in [-0.4, -0.2) is 46.2 Å². The molecule has 1 atom stereocenters. The molecule has 0 aliphatic carbocycles. The van der Waals surface area contributed by atoms with E-state index in [9.17, 15) is 8.42 Å². The maximum absolute atomic E-state index is 12.6. The van der Waals surface area contributed by atoms with Crippen LogP contribution in [0.15, 0.2) is 40.6 Å². The SMILES string of the molecule is CCc1ccc(C(CNS(=O)(=O)c2ccc(C)s2)N2CCOCC2)cc1. The lowest BCUT2D eigenvalue weighted by atomic mass is 10.0. The smallest absolute Gasteiger partial charge is 0.250 e. The van der Waals surface area contributed by atoms with Crippen LogP contribution in [0.5, 0.6) is 0 Å². The Balaban J connectivity index is 1.78. The van der Waals surface area contributed by atoms with Crippen molar-refractivity contribution >= 4 is 21.4 Å². The van der Waals surface area contributed by atoms with Gasteiger partial charge in [-0.3, -0.25) is 4.90 Å². The lowest BCUT2D eigenvalue weighted by Gasteiger charge is -2.35. The zero-order chi connectivity index (χ0) is 18.6.